The molecular weight excluding hydrogens is 288 g/mol. The van der Waals surface area contributed by atoms with E-state index >= 15 is 0 Å². The maximum absolute atomic E-state index is 11.7. The molecule has 0 saturated heterocycles. The molecule has 0 heterocycles. The number of carbonyl (C=O) groups excluding carboxylic acids is 2. The van der Waals surface area contributed by atoms with Crippen LogP contribution in [0.4, 0.5) is 0 Å². The summed E-state index contributed by atoms with van der Waals surface area (Å²) in [7, 11) is 0. The fraction of sp³-hybridized carbons (Fsp3) is 0.438. The number of unbranched alkanes of at least 4 members (excludes halogenated alkanes) is 1. The van der Waals surface area contributed by atoms with Crippen molar-refractivity contribution < 1.29 is 29.0 Å². The van der Waals surface area contributed by atoms with Gasteiger partial charge in [-0.3, -0.25) is 9.59 Å². The molecule has 0 spiro atoms. The van der Waals surface area contributed by atoms with E-state index in [2.05, 4.69) is 0 Å². The number of carboxylic acids is 1. The second kappa shape index (κ2) is 9.55. The van der Waals surface area contributed by atoms with Crippen molar-refractivity contribution in [1.29, 1.82) is 0 Å². The highest BCUT2D eigenvalue weighted by atomic mass is 16.6. The molecule has 22 heavy (non-hydrogen) atoms. The number of carbonyl (C=O) groups is 3. The molecule has 1 aromatic rings. The average Bonchev–Trinajstić information content (AvgIpc) is 2.51. The predicted octanol–water partition coefficient (Wildman–Crippen LogP) is 2.48. The van der Waals surface area contributed by atoms with E-state index in [1.54, 1.807) is 30.3 Å². The normalized spacial score (nSPS) is 11.5. The summed E-state index contributed by atoms with van der Waals surface area (Å²) in [5, 5.41) is 9.13. The SMILES string of the molecule is CCCCOC(=O)CCC(=O)O[C@H](C(=O)O)c1ccccc1. The molecule has 6 nitrogen and oxygen atoms in total. The first-order valence-electron chi connectivity index (χ1n) is 7.17. The van der Waals surface area contributed by atoms with Crippen molar-refractivity contribution in [2.24, 2.45) is 0 Å². The molecule has 6 heteroatoms. The molecule has 0 fully saturated rings. The van der Waals surface area contributed by atoms with Gasteiger partial charge in [0.25, 0.3) is 0 Å². The van der Waals surface area contributed by atoms with Crippen molar-refractivity contribution >= 4 is 17.9 Å². The van der Waals surface area contributed by atoms with Gasteiger partial charge in [-0.2, -0.15) is 0 Å². The standard InChI is InChI=1S/C16H20O6/c1-2-3-11-21-13(17)9-10-14(18)22-15(16(19)20)12-7-5-4-6-8-12/h4-8,15H,2-3,9-11H2,1H3,(H,19,20)/t15-/m0/s1. The molecule has 120 valence electrons. The molecule has 0 unspecified atom stereocenters. The molecule has 0 radical (unpaired) electrons. The first-order valence-corrected chi connectivity index (χ1v) is 7.17. The Balaban J connectivity index is 2.45. The van der Waals surface area contributed by atoms with E-state index in [1.807, 2.05) is 6.92 Å². The molecule has 1 aromatic carbocycles. The molecule has 0 aliphatic heterocycles. The summed E-state index contributed by atoms with van der Waals surface area (Å²) in [6.07, 6.45) is -0.0201. The van der Waals surface area contributed by atoms with Gasteiger partial charge in [-0.25, -0.2) is 4.79 Å². The fourth-order valence-corrected chi connectivity index (χ4v) is 1.69. The van der Waals surface area contributed by atoms with E-state index in [0.29, 0.717) is 12.2 Å². The number of hydrogen-bond donors (Lipinski definition) is 1. The molecule has 1 atom stereocenters. The third-order valence-corrected chi connectivity index (χ3v) is 2.87. The van der Waals surface area contributed by atoms with Gasteiger partial charge in [-0.1, -0.05) is 43.7 Å². The number of esters is 2. The molecule has 0 aliphatic rings. The van der Waals surface area contributed by atoms with E-state index < -0.39 is 24.0 Å². The van der Waals surface area contributed by atoms with Gasteiger partial charge in [0.05, 0.1) is 19.4 Å². The lowest BCUT2D eigenvalue weighted by Gasteiger charge is -2.13. The topological polar surface area (TPSA) is 89.9 Å². The zero-order valence-corrected chi connectivity index (χ0v) is 12.5. The van der Waals surface area contributed by atoms with Crippen molar-refractivity contribution in [3.8, 4) is 0 Å². The quantitative estimate of drug-likeness (QED) is 0.557. The van der Waals surface area contributed by atoms with Crippen LogP contribution in [0.25, 0.3) is 0 Å². The smallest absolute Gasteiger partial charge is 0.349 e. The number of benzene rings is 1. The maximum atomic E-state index is 11.7. The summed E-state index contributed by atoms with van der Waals surface area (Å²) in [5.74, 6) is -2.49. The van der Waals surface area contributed by atoms with Gasteiger partial charge >= 0.3 is 17.9 Å². The lowest BCUT2D eigenvalue weighted by molar-refractivity contribution is -0.165. The van der Waals surface area contributed by atoms with Crippen LogP contribution in [0.5, 0.6) is 0 Å². The van der Waals surface area contributed by atoms with Gasteiger partial charge in [0.2, 0.25) is 6.10 Å². The van der Waals surface area contributed by atoms with Gasteiger partial charge < -0.3 is 14.6 Å². The zero-order valence-electron chi connectivity index (χ0n) is 12.5. The molecule has 0 saturated carbocycles. The maximum Gasteiger partial charge on any atom is 0.349 e. The molecular formula is C16H20O6. The van der Waals surface area contributed by atoms with Crippen LogP contribution in [-0.2, 0) is 23.9 Å². The Bertz CT molecular complexity index is 497. The Hall–Kier alpha value is -2.37. The molecule has 0 aliphatic carbocycles. The monoisotopic (exact) mass is 308 g/mol. The van der Waals surface area contributed by atoms with Crippen LogP contribution in [0.3, 0.4) is 0 Å². The van der Waals surface area contributed by atoms with Crippen molar-refractivity contribution in [2.75, 3.05) is 6.61 Å². The summed E-state index contributed by atoms with van der Waals surface area (Å²) < 4.78 is 9.83. The highest BCUT2D eigenvalue weighted by molar-refractivity contribution is 5.81. The first kappa shape index (κ1) is 17.7. The van der Waals surface area contributed by atoms with Crippen LogP contribution in [0.15, 0.2) is 30.3 Å². The summed E-state index contributed by atoms with van der Waals surface area (Å²) in [5.41, 5.74) is 0.369. The van der Waals surface area contributed by atoms with Crippen LogP contribution >= 0.6 is 0 Å². The van der Waals surface area contributed by atoms with Crippen LogP contribution in [0, 0.1) is 0 Å². The number of rotatable bonds is 9. The third-order valence-electron chi connectivity index (χ3n) is 2.87. The molecule has 1 rings (SSSR count). The predicted molar refractivity (Wildman–Crippen MR) is 78.0 cm³/mol. The Kier molecular flexibility index (Phi) is 7.67. The fourth-order valence-electron chi connectivity index (χ4n) is 1.69. The Labute approximate surface area is 129 Å². The van der Waals surface area contributed by atoms with Gasteiger partial charge in [0.15, 0.2) is 0 Å². The van der Waals surface area contributed by atoms with Crippen LogP contribution in [-0.4, -0.2) is 29.6 Å². The van der Waals surface area contributed by atoms with Gasteiger partial charge in [-0.05, 0) is 6.42 Å². The Morgan fingerprint density at radius 1 is 1.09 bits per heavy atom. The second-order valence-corrected chi connectivity index (χ2v) is 4.69. The number of aliphatic carboxylic acids is 1. The van der Waals surface area contributed by atoms with Crippen molar-refractivity contribution in [3.05, 3.63) is 35.9 Å². The van der Waals surface area contributed by atoms with Crippen molar-refractivity contribution in [2.45, 2.75) is 38.7 Å². The van der Waals surface area contributed by atoms with E-state index in [1.165, 1.54) is 0 Å². The number of carboxylic acid groups (broad SMARTS) is 1. The minimum atomic E-state index is -1.37. The van der Waals surface area contributed by atoms with Crippen LogP contribution in [0.1, 0.15) is 44.3 Å². The number of ether oxygens (including phenoxy) is 2. The second-order valence-electron chi connectivity index (χ2n) is 4.69. The van der Waals surface area contributed by atoms with Crippen molar-refractivity contribution in [3.63, 3.8) is 0 Å². The molecule has 0 bridgehead atoms. The minimum absolute atomic E-state index is 0.121. The zero-order chi connectivity index (χ0) is 16.4. The summed E-state index contributed by atoms with van der Waals surface area (Å²) >= 11 is 0. The Morgan fingerprint density at radius 3 is 2.32 bits per heavy atom. The highest BCUT2D eigenvalue weighted by Crippen LogP contribution is 2.18. The average molecular weight is 308 g/mol. The van der Waals surface area contributed by atoms with Gasteiger partial charge in [0, 0.05) is 5.56 Å². The van der Waals surface area contributed by atoms with E-state index in [0.717, 1.165) is 12.8 Å². The van der Waals surface area contributed by atoms with Crippen LogP contribution < -0.4 is 0 Å². The highest BCUT2D eigenvalue weighted by Gasteiger charge is 2.24. The summed E-state index contributed by atoms with van der Waals surface area (Å²) in [4.78, 5) is 34.2. The van der Waals surface area contributed by atoms with E-state index in [-0.39, 0.29) is 12.8 Å². The van der Waals surface area contributed by atoms with Crippen LogP contribution in [0.2, 0.25) is 0 Å². The molecule has 0 amide bonds. The third kappa shape index (κ3) is 6.39. The number of hydrogen-bond acceptors (Lipinski definition) is 5. The molecule has 1 N–H and O–H groups in total. The van der Waals surface area contributed by atoms with E-state index in [9.17, 15) is 14.4 Å². The summed E-state index contributed by atoms with van der Waals surface area (Å²) in [6, 6.07) is 8.17. The summed E-state index contributed by atoms with van der Waals surface area (Å²) in [6.45, 7) is 2.30. The van der Waals surface area contributed by atoms with E-state index in [4.69, 9.17) is 14.6 Å². The molecule has 0 aromatic heterocycles. The van der Waals surface area contributed by atoms with Gasteiger partial charge in [0.1, 0.15) is 0 Å². The Morgan fingerprint density at radius 2 is 1.73 bits per heavy atom. The van der Waals surface area contributed by atoms with Gasteiger partial charge in [-0.15, -0.1) is 0 Å². The van der Waals surface area contributed by atoms with Crippen molar-refractivity contribution in [1.82, 2.24) is 0 Å². The lowest BCUT2D eigenvalue weighted by Crippen LogP contribution is -2.20. The largest absolute Gasteiger partial charge is 0.478 e. The lowest BCUT2D eigenvalue weighted by atomic mass is 10.1. The first-order chi connectivity index (χ1) is 10.5. The minimum Gasteiger partial charge on any atom is -0.478 e.